The summed E-state index contributed by atoms with van der Waals surface area (Å²) < 4.78 is 1.77. The zero-order chi connectivity index (χ0) is 15.1. The minimum absolute atomic E-state index is 0.413. The molecule has 1 fully saturated rings. The lowest BCUT2D eigenvalue weighted by Gasteiger charge is -2.44. The second-order valence-corrected chi connectivity index (χ2v) is 5.44. The Morgan fingerprint density at radius 3 is 2.82 bits per heavy atom. The van der Waals surface area contributed by atoms with Crippen molar-refractivity contribution in [1.82, 2.24) is 29.8 Å². The Morgan fingerprint density at radius 1 is 1.18 bits per heavy atom. The van der Waals surface area contributed by atoms with Gasteiger partial charge in [-0.25, -0.2) is 4.98 Å². The molecule has 0 unspecified atom stereocenters. The van der Waals surface area contributed by atoms with E-state index in [-0.39, 0.29) is 0 Å². The summed E-state index contributed by atoms with van der Waals surface area (Å²) >= 11 is 0. The van der Waals surface area contributed by atoms with Gasteiger partial charge in [-0.05, 0) is 19.1 Å². The van der Waals surface area contributed by atoms with Crippen LogP contribution in [0.1, 0.15) is 5.82 Å². The van der Waals surface area contributed by atoms with Crippen molar-refractivity contribution in [3.63, 3.8) is 0 Å². The highest BCUT2D eigenvalue weighted by atomic mass is 15.4. The summed E-state index contributed by atoms with van der Waals surface area (Å²) in [5, 5.41) is 12.7. The lowest BCUT2D eigenvalue weighted by atomic mass is 10.1. The fourth-order valence-electron chi connectivity index (χ4n) is 2.60. The number of likely N-dealkylation sites (N-methyl/N-ethyl adjacent to an activating group) is 1. The van der Waals surface area contributed by atoms with Crippen LogP contribution < -0.4 is 9.80 Å². The van der Waals surface area contributed by atoms with E-state index in [2.05, 4.69) is 35.1 Å². The summed E-state index contributed by atoms with van der Waals surface area (Å²) in [5.41, 5.74) is 0.773. The van der Waals surface area contributed by atoms with Gasteiger partial charge in [0.15, 0.2) is 11.5 Å². The van der Waals surface area contributed by atoms with Gasteiger partial charge in [0.05, 0.1) is 12.2 Å². The minimum atomic E-state index is 0.413. The highest BCUT2D eigenvalue weighted by Crippen LogP contribution is 2.23. The Hall–Kier alpha value is -2.77. The second-order valence-electron chi connectivity index (χ2n) is 5.44. The zero-order valence-electron chi connectivity index (χ0n) is 12.5. The molecule has 1 aliphatic heterocycles. The summed E-state index contributed by atoms with van der Waals surface area (Å²) in [6.45, 7) is 3.72. The minimum Gasteiger partial charge on any atom is -0.352 e. The van der Waals surface area contributed by atoms with Crippen LogP contribution in [0.5, 0.6) is 0 Å². The first-order chi connectivity index (χ1) is 10.7. The first-order valence-corrected chi connectivity index (χ1v) is 7.15. The highest BCUT2D eigenvalue weighted by Gasteiger charge is 2.32. The lowest BCUT2D eigenvalue weighted by molar-refractivity contribution is 0.486. The Kier molecular flexibility index (Phi) is 2.88. The van der Waals surface area contributed by atoms with Crippen LogP contribution in [-0.4, -0.2) is 56.0 Å². The standard InChI is InChI=1S/C14H16N8/c1-10-17-18-12-3-4-13(19-22(10)12)21-8-11(9-21)20(2)14-7-15-5-6-16-14/h3-7,11H,8-9H2,1-2H3. The van der Waals surface area contributed by atoms with Gasteiger partial charge in [-0.3, -0.25) is 4.98 Å². The monoisotopic (exact) mass is 296 g/mol. The van der Waals surface area contributed by atoms with Crippen LogP contribution in [0.2, 0.25) is 0 Å². The van der Waals surface area contributed by atoms with Crippen molar-refractivity contribution < 1.29 is 0 Å². The summed E-state index contributed by atoms with van der Waals surface area (Å²) in [6.07, 6.45) is 5.19. The van der Waals surface area contributed by atoms with E-state index in [1.54, 1.807) is 23.1 Å². The maximum atomic E-state index is 4.59. The van der Waals surface area contributed by atoms with Crippen molar-refractivity contribution in [1.29, 1.82) is 0 Å². The number of rotatable bonds is 3. The smallest absolute Gasteiger partial charge is 0.178 e. The third-order valence-corrected chi connectivity index (χ3v) is 4.05. The molecule has 0 atom stereocenters. The van der Waals surface area contributed by atoms with Gasteiger partial charge in [0, 0.05) is 32.5 Å². The predicted octanol–water partition coefficient (Wildman–Crippen LogP) is 0.548. The van der Waals surface area contributed by atoms with Crippen LogP contribution >= 0.6 is 0 Å². The van der Waals surface area contributed by atoms with Crippen molar-refractivity contribution >= 4 is 17.3 Å². The van der Waals surface area contributed by atoms with Gasteiger partial charge in [-0.15, -0.1) is 15.3 Å². The van der Waals surface area contributed by atoms with Crippen molar-refractivity contribution in [2.45, 2.75) is 13.0 Å². The molecule has 112 valence electrons. The van der Waals surface area contributed by atoms with Gasteiger partial charge < -0.3 is 9.80 Å². The van der Waals surface area contributed by atoms with Crippen molar-refractivity contribution in [2.75, 3.05) is 29.9 Å². The quantitative estimate of drug-likeness (QED) is 0.698. The SMILES string of the molecule is Cc1nnc2ccc(N3CC(N(C)c4cnccn4)C3)nn12. The largest absolute Gasteiger partial charge is 0.352 e. The molecule has 0 N–H and O–H groups in total. The van der Waals surface area contributed by atoms with E-state index in [4.69, 9.17) is 0 Å². The van der Waals surface area contributed by atoms with Crippen LogP contribution in [-0.2, 0) is 0 Å². The van der Waals surface area contributed by atoms with E-state index in [0.29, 0.717) is 6.04 Å². The average Bonchev–Trinajstić information content (AvgIpc) is 2.88. The molecule has 0 amide bonds. The van der Waals surface area contributed by atoms with Crippen LogP contribution in [0.25, 0.3) is 5.65 Å². The predicted molar refractivity (Wildman–Crippen MR) is 82.0 cm³/mol. The number of hydrogen-bond acceptors (Lipinski definition) is 7. The van der Waals surface area contributed by atoms with Crippen molar-refractivity contribution in [2.24, 2.45) is 0 Å². The first kappa shape index (κ1) is 12.9. The van der Waals surface area contributed by atoms with E-state index in [9.17, 15) is 0 Å². The third-order valence-electron chi connectivity index (χ3n) is 4.05. The highest BCUT2D eigenvalue weighted by molar-refractivity contribution is 5.50. The van der Waals surface area contributed by atoms with Gasteiger partial charge in [0.1, 0.15) is 11.6 Å². The van der Waals surface area contributed by atoms with Crippen LogP contribution in [0.4, 0.5) is 11.6 Å². The van der Waals surface area contributed by atoms with E-state index >= 15 is 0 Å². The third kappa shape index (κ3) is 2.03. The molecule has 3 aromatic heterocycles. The maximum Gasteiger partial charge on any atom is 0.178 e. The molecule has 8 heteroatoms. The number of fused-ring (bicyclic) bond motifs is 1. The molecular formula is C14H16N8. The molecule has 4 rings (SSSR count). The van der Waals surface area contributed by atoms with E-state index in [0.717, 1.165) is 36.2 Å². The number of anilines is 2. The Balaban J connectivity index is 1.49. The number of aromatic nitrogens is 6. The molecule has 0 aromatic carbocycles. The van der Waals surface area contributed by atoms with Crippen molar-refractivity contribution in [3.05, 3.63) is 36.5 Å². The number of aryl methyl sites for hydroxylation is 1. The molecule has 8 nitrogen and oxygen atoms in total. The molecule has 22 heavy (non-hydrogen) atoms. The van der Waals surface area contributed by atoms with Crippen molar-refractivity contribution in [3.8, 4) is 0 Å². The maximum absolute atomic E-state index is 4.59. The second kappa shape index (κ2) is 4.90. The molecule has 4 heterocycles. The lowest BCUT2D eigenvalue weighted by Crippen LogP contribution is -2.59. The summed E-state index contributed by atoms with van der Waals surface area (Å²) in [6, 6.07) is 4.35. The van der Waals surface area contributed by atoms with Gasteiger partial charge in [-0.2, -0.15) is 4.52 Å². The van der Waals surface area contributed by atoms with Gasteiger partial charge in [0.25, 0.3) is 0 Å². The van der Waals surface area contributed by atoms with Gasteiger partial charge >= 0.3 is 0 Å². The average molecular weight is 296 g/mol. The molecular weight excluding hydrogens is 280 g/mol. The van der Waals surface area contributed by atoms with Crippen LogP contribution in [0.15, 0.2) is 30.7 Å². The topological polar surface area (TPSA) is 75.3 Å². The molecule has 0 saturated carbocycles. The van der Waals surface area contributed by atoms with E-state index in [1.807, 2.05) is 26.1 Å². The summed E-state index contributed by atoms with van der Waals surface area (Å²) in [4.78, 5) is 12.8. The van der Waals surface area contributed by atoms with Gasteiger partial charge in [0.2, 0.25) is 0 Å². The number of nitrogens with zero attached hydrogens (tertiary/aromatic N) is 8. The Labute approximate surface area is 127 Å². The molecule has 0 bridgehead atoms. The molecule has 3 aromatic rings. The zero-order valence-corrected chi connectivity index (χ0v) is 12.5. The Morgan fingerprint density at radius 2 is 2.05 bits per heavy atom. The first-order valence-electron chi connectivity index (χ1n) is 7.15. The number of hydrogen-bond donors (Lipinski definition) is 0. The molecule has 1 aliphatic rings. The summed E-state index contributed by atoms with van der Waals surface area (Å²) in [7, 11) is 2.05. The fourth-order valence-corrected chi connectivity index (χ4v) is 2.60. The molecule has 1 saturated heterocycles. The normalized spacial score (nSPS) is 15.1. The molecule has 0 spiro atoms. The Bertz CT molecular complexity index is 793. The van der Waals surface area contributed by atoms with Gasteiger partial charge in [-0.1, -0.05) is 0 Å². The van der Waals surface area contributed by atoms with Crippen LogP contribution in [0.3, 0.4) is 0 Å². The van der Waals surface area contributed by atoms with Crippen LogP contribution in [0, 0.1) is 6.92 Å². The molecule has 0 aliphatic carbocycles. The van der Waals surface area contributed by atoms with E-state index < -0.39 is 0 Å². The summed E-state index contributed by atoms with van der Waals surface area (Å²) in [5.74, 6) is 2.63. The van der Waals surface area contributed by atoms with E-state index in [1.165, 1.54) is 0 Å². The molecule has 0 radical (unpaired) electrons. The fraction of sp³-hybridized carbons (Fsp3) is 0.357.